The van der Waals surface area contributed by atoms with Crippen molar-refractivity contribution in [3.8, 4) is 23.2 Å². The topological polar surface area (TPSA) is 143 Å². The zero-order valence-electron chi connectivity index (χ0n) is 29.8. The maximum absolute atomic E-state index is 17.6. The molecule has 0 radical (unpaired) electrons. The number of furan rings is 1. The van der Waals surface area contributed by atoms with Crippen LogP contribution in [0, 0.1) is 23.0 Å². The normalized spacial score (nSPS) is 25.3. The van der Waals surface area contributed by atoms with E-state index in [1.54, 1.807) is 4.90 Å². The summed E-state index contributed by atoms with van der Waals surface area (Å²) in [5.41, 5.74) is 5.50. The molecule has 278 valence electrons. The molecule has 2 aromatic carbocycles. The van der Waals surface area contributed by atoms with E-state index in [9.17, 15) is 14.4 Å². The summed E-state index contributed by atoms with van der Waals surface area (Å²) in [4.78, 5) is 28.8. The number of fused-ring (bicyclic) bond motifs is 7. The van der Waals surface area contributed by atoms with Gasteiger partial charge in [-0.05, 0) is 76.3 Å². The summed E-state index contributed by atoms with van der Waals surface area (Å²) in [7, 11) is 0. The average molecular weight is 732 g/mol. The molecule has 4 atom stereocenters. The summed E-state index contributed by atoms with van der Waals surface area (Å²) in [5.74, 6) is -1.37. The molecule has 12 nitrogen and oxygen atoms in total. The lowest BCUT2D eigenvalue weighted by Crippen LogP contribution is -2.56. The van der Waals surface area contributed by atoms with Gasteiger partial charge in [0.05, 0.1) is 29.5 Å². The smallest absolute Gasteiger partial charge is 0.410 e. The number of anilines is 2. The zero-order valence-corrected chi connectivity index (χ0v) is 29.8. The van der Waals surface area contributed by atoms with Crippen molar-refractivity contribution >= 4 is 39.7 Å². The number of nitriles is 1. The van der Waals surface area contributed by atoms with Crippen LogP contribution in [0.2, 0.25) is 0 Å². The van der Waals surface area contributed by atoms with Crippen LogP contribution in [0.1, 0.15) is 69.6 Å². The fourth-order valence-electron chi connectivity index (χ4n) is 9.42. The van der Waals surface area contributed by atoms with E-state index in [0.29, 0.717) is 48.4 Å². The minimum atomic E-state index is -0.973. The Morgan fingerprint density at radius 2 is 1.85 bits per heavy atom. The molecule has 2 N–H and O–H groups in total. The first kappa shape index (κ1) is 34.0. The maximum Gasteiger partial charge on any atom is 0.410 e. The monoisotopic (exact) mass is 731 g/mol. The first-order valence-electron chi connectivity index (χ1n) is 18.2. The molecule has 15 heteroatoms. The molecule has 2 bridgehead atoms. The van der Waals surface area contributed by atoms with Crippen molar-refractivity contribution in [2.24, 2.45) is 0 Å². The lowest BCUT2D eigenvalue weighted by atomic mass is 9.90. The Kier molecular flexibility index (Phi) is 7.76. The van der Waals surface area contributed by atoms with Crippen LogP contribution >= 0.6 is 0 Å². The Balaban J connectivity index is 1.22. The number of nitrogens with two attached hydrogens (primary N) is 1. The number of ether oxygens (including phenoxy) is 3. The number of nitrogen functional groups attached to an aromatic ring is 1. The molecule has 5 aliphatic heterocycles. The summed E-state index contributed by atoms with van der Waals surface area (Å²) >= 11 is 0. The molecule has 0 saturated carbocycles. The molecule has 4 fully saturated rings. The van der Waals surface area contributed by atoms with E-state index in [4.69, 9.17) is 29.3 Å². The second-order valence-corrected chi connectivity index (χ2v) is 16.0. The molecule has 0 aliphatic carbocycles. The summed E-state index contributed by atoms with van der Waals surface area (Å²) < 4.78 is 71.9. The third-order valence-electron chi connectivity index (χ3n) is 11.6. The first-order chi connectivity index (χ1) is 25.4. The fourth-order valence-corrected chi connectivity index (χ4v) is 9.42. The predicted octanol–water partition coefficient (Wildman–Crippen LogP) is 6.35. The number of hydrogen-bond acceptors (Lipinski definition) is 11. The molecule has 2 aromatic heterocycles. The van der Waals surface area contributed by atoms with Gasteiger partial charge in [0.1, 0.15) is 52.7 Å². The Bertz CT molecular complexity index is 2220. The largest absolute Gasteiger partial charge is 0.461 e. The van der Waals surface area contributed by atoms with Crippen molar-refractivity contribution in [1.29, 1.82) is 5.26 Å². The van der Waals surface area contributed by atoms with E-state index in [1.165, 1.54) is 6.07 Å². The molecule has 4 saturated heterocycles. The van der Waals surface area contributed by atoms with Gasteiger partial charge in [-0.2, -0.15) is 15.2 Å². The summed E-state index contributed by atoms with van der Waals surface area (Å²) in [5, 5.41) is 10.5. The fraction of sp³-hybridized carbons (Fsp3) is 0.526. The van der Waals surface area contributed by atoms with Crippen LogP contribution in [0.5, 0.6) is 6.01 Å². The second kappa shape index (κ2) is 12.1. The SMILES string of the molecule is CC(C)(C)OC(=O)N1CC2CCC(C1)N2c1nc(OC[C@@]23CCCN2CC(F)C3)nc2c(F)c(-c3c(F)ccc4oc(N)c(C#N)c34)c3c(c12)COC3. The van der Waals surface area contributed by atoms with Crippen molar-refractivity contribution in [3.63, 3.8) is 0 Å². The Morgan fingerprint density at radius 1 is 1.09 bits per heavy atom. The third-order valence-corrected chi connectivity index (χ3v) is 11.6. The third kappa shape index (κ3) is 5.35. The van der Waals surface area contributed by atoms with Crippen molar-refractivity contribution in [3.05, 3.63) is 40.5 Å². The average Bonchev–Trinajstić information content (AvgIpc) is 3.91. The van der Waals surface area contributed by atoms with Gasteiger partial charge in [0.25, 0.3) is 0 Å². The highest BCUT2D eigenvalue weighted by Gasteiger charge is 2.50. The molecule has 53 heavy (non-hydrogen) atoms. The van der Waals surface area contributed by atoms with E-state index in [1.807, 2.05) is 26.8 Å². The van der Waals surface area contributed by atoms with E-state index in [0.717, 1.165) is 38.3 Å². The number of aromatic nitrogens is 2. The highest BCUT2D eigenvalue weighted by molar-refractivity contribution is 6.05. The van der Waals surface area contributed by atoms with Crippen LogP contribution in [0.4, 0.5) is 29.7 Å². The maximum atomic E-state index is 17.6. The van der Waals surface area contributed by atoms with Crippen LogP contribution in [-0.2, 0) is 22.7 Å². The first-order valence-corrected chi connectivity index (χ1v) is 18.2. The second-order valence-electron chi connectivity index (χ2n) is 16.0. The van der Waals surface area contributed by atoms with Crippen molar-refractivity contribution in [2.45, 2.75) is 95.5 Å². The van der Waals surface area contributed by atoms with Crippen LogP contribution in [0.25, 0.3) is 33.0 Å². The zero-order chi connectivity index (χ0) is 37.0. The molecule has 4 aromatic rings. The highest BCUT2D eigenvalue weighted by Crippen LogP contribution is 2.49. The number of nitrogens with zero attached hydrogens (tertiary/aromatic N) is 6. The van der Waals surface area contributed by atoms with Gasteiger partial charge in [-0.25, -0.2) is 18.0 Å². The number of carbonyl (C=O) groups is 1. The van der Waals surface area contributed by atoms with Gasteiger partial charge >= 0.3 is 12.1 Å². The van der Waals surface area contributed by atoms with Gasteiger partial charge in [-0.3, -0.25) is 4.90 Å². The quantitative estimate of drug-likeness (QED) is 0.245. The molecular weight excluding hydrogens is 691 g/mol. The van der Waals surface area contributed by atoms with Crippen molar-refractivity contribution in [2.75, 3.05) is 43.4 Å². The van der Waals surface area contributed by atoms with Crippen LogP contribution in [0.15, 0.2) is 16.5 Å². The summed E-state index contributed by atoms with van der Waals surface area (Å²) in [6.07, 6.45) is 2.14. The van der Waals surface area contributed by atoms with Gasteiger partial charge in [-0.1, -0.05) is 0 Å². The molecule has 5 aliphatic rings. The van der Waals surface area contributed by atoms with Gasteiger partial charge in [0, 0.05) is 49.3 Å². The Labute approximate surface area is 303 Å². The van der Waals surface area contributed by atoms with Gasteiger partial charge in [0.2, 0.25) is 5.88 Å². The molecule has 0 spiro atoms. The number of piperazine rings is 1. The van der Waals surface area contributed by atoms with Crippen LogP contribution in [-0.4, -0.2) is 88.0 Å². The van der Waals surface area contributed by atoms with E-state index in [-0.39, 0.29) is 77.0 Å². The number of amides is 1. The number of halogens is 3. The lowest BCUT2D eigenvalue weighted by Gasteiger charge is -2.42. The summed E-state index contributed by atoms with van der Waals surface area (Å²) in [6.45, 7) is 7.50. The van der Waals surface area contributed by atoms with Crippen molar-refractivity contribution < 1.29 is 36.6 Å². The predicted molar refractivity (Wildman–Crippen MR) is 188 cm³/mol. The molecular formula is C38H40F3N7O5. The number of likely N-dealkylation sites (tertiary alicyclic amines) is 1. The number of carbonyl (C=O) groups excluding carboxylic acids is 1. The standard InChI is InChI=1S/C38H40F3N7O5/c1-37(2,3)53-36(49)46-14-20-5-6-21(15-46)48(20)34-29-24-17-50-16-23(24)28(30-25(40)7-8-26-27(30)22(12-42)33(43)52-26)31(41)32(29)44-35(45-34)51-18-38-9-4-10-47(38)13-19(39)11-38/h7-8,19-21H,4-6,9-11,13-18,43H2,1-3H3/t19?,20?,21?,38-/m0/s1. The molecule has 3 unspecified atom stereocenters. The van der Waals surface area contributed by atoms with Gasteiger partial charge in [0.15, 0.2) is 5.82 Å². The van der Waals surface area contributed by atoms with Crippen LogP contribution in [0.3, 0.4) is 0 Å². The minimum absolute atomic E-state index is 0.0255. The van der Waals surface area contributed by atoms with E-state index < -0.39 is 35.0 Å². The van der Waals surface area contributed by atoms with Gasteiger partial charge < -0.3 is 34.2 Å². The van der Waals surface area contributed by atoms with E-state index >= 15 is 8.78 Å². The molecule has 1 amide bonds. The highest BCUT2D eigenvalue weighted by atomic mass is 19.1. The Morgan fingerprint density at radius 3 is 2.58 bits per heavy atom. The lowest BCUT2D eigenvalue weighted by molar-refractivity contribution is 0.0209. The summed E-state index contributed by atoms with van der Waals surface area (Å²) in [6, 6.07) is 4.08. The number of hydrogen-bond donors (Lipinski definition) is 1. The molecule has 7 heterocycles. The van der Waals surface area contributed by atoms with Gasteiger partial charge in [-0.15, -0.1) is 0 Å². The van der Waals surface area contributed by atoms with E-state index in [2.05, 4.69) is 14.8 Å². The number of alkyl halides is 1. The minimum Gasteiger partial charge on any atom is -0.461 e. The van der Waals surface area contributed by atoms with Crippen LogP contribution < -0.4 is 15.4 Å². The Hall–Kier alpha value is -4.81. The number of benzene rings is 2. The van der Waals surface area contributed by atoms with Crippen molar-refractivity contribution in [1.82, 2.24) is 19.8 Å². The molecule has 9 rings (SSSR count). The number of rotatable bonds is 5.